The SMILES string of the molecule is CO[C@@H]1C[C@H]2C(=O)N[C@]3(C(=O)N4CCC[C@@H]4C(=O)NCc4ccccc4)C[C@@H]3/C=C\CCCCC[C@H](N)C(=O)N2C1. The van der Waals surface area contributed by atoms with E-state index in [9.17, 15) is 19.2 Å². The first-order chi connectivity index (χ1) is 19.8. The molecule has 0 radical (unpaired) electrons. The van der Waals surface area contributed by atoms with Crippen molar-refractivity contribution >= 4 is 23.6 Å². The fourth-order valence-corrected chi connectivity index (χ4v) is 6.57. The average molecular weight is 566 g/mol. The number of amides is 4. The van der Waals surface area contributed by atoms with Crippen molar-refractivity contribution in [3.05, 3.63) is 48.0 Å². The normalized spacial score (nSPS) is 33.2. The molecule has 4 aliphatic rings. The van der Waals surface area contributed by atoms with Crippen LogP contribution in [-0.2, 0) is 30.5 Å². The molecule has 10 nitrogen and oxygen atoms in total. The van der Waals surface area contributed by atoms with Gasteiger partial charge in [-0.2, -0.15) is 0 Å². The Morgan fingerprint density at radius 2 is 1.93 bits per heavy atom. The Hall–Kier alpha value is -3.24. The number of hydrogen-bond acceptors (Lipinski definition) is 6. The van der Waals surface area contributed by atoms with Crippen LogP contribution in [-0.4, -0.2) is 83.4 Å². The highest BCUT2D eigenvalue weighted by atomic mass is 16.5. The molecule has 2 saturated heterocycles. The largest absolute Gasteiger partial charge is 0.380 e. The summed E-state index contributed by atoms with van der Waals surface area (Å²) >= 11 is 0. The molecule has 10 heteroatoms. The molecule has 4 N–H and O–H groups in total. The summed E-state index contributed by atoms with van der Waals surface area (Å²) in [5.74, 6) is -1.19. The molecule has 0 spiro atoms. The van der Waals surface area contributed by atoms with Gasteiger partial charge < -0.3 is 30.9 Å². The Bertz CT molecular complexity index is 1160. The molecule has 1 aromatic rings. The third-order valence-electron chi connectivity index (χ3n) is 9.12. The third kappa shape index (κ3) is 6.33. The molecule has 3 aliphatic heterocycles. The third-order valence-corrected chi connectivity index (χ3v) is 9.12. The Morgan fingerprint density at radius 3 is 2.71 bits per heavy atom. The highest BCUT2D eigenvalue weighted by Crippen LogP contribution is 2.47. The van der Waals surface area contributed by atoms with E-state index in [4.69, 9.17) is 10.5 Å². The number of nitrogens with one attached hydrogen (secondary N) is 2. The van der Waals surface area contributed by atoms with Gasteiger partial charge in [-0.3, -0.25) is 19.2 Å². The first kappa shape index (κ1) is 29.3. The second-order valence-corrected chi connectivity index (χ2v) is 11.9. The number of carbonyl (C=O) groups excluding carboxylic acids is 4. The van der Waals surface area contributed by atoms with Gasteiger partial charge in [0.1, 0.15) is 17.6 Å². The number of hydrogen-bond donors (Lipinski definition) is 3. The summed E-state index contributed by atoms with van der Waals surface area (Å²) in [6.45, 7) is 1.14. The van der Waals surface area contributed by atoms with E-state index in [2.05, 4.69) is 16.7 Å². The molecule has 3 heterocycles. The van der Waals surface area contributed by atoms with Crippen LogP contribution in [0.2, 0.25) is 0 Å². The number of benzene rings is 1. The van der Waals surface area contributed by atoms with Crippen molar-refractivity contribution in [2.75, 3.05) is 20.2 Å². The maximum Gasteiger partial charge on any atom is 0.249 e. The standard InChI is InChI=1S/C31H43N5O5/c1-41-23-17-26-28(38)34-31(18-22(31)13-8-3-2-4-9-14-24(32)29(39)36(26)20-23)30(40)35-16-10-15-25(35)27(37)33-19-21-11-6-5-7-12-21/h5-8,11-13,22-26H,2-4,9-10,14-20,32H2,1H3,(H,33,37)(H,34,38)/b13-8-/t22-,23+,24-,25+,26-,31+/m0/s1. The van der Waals surface area contributed by atoms with E-state index in [1.54, 1.807) is 12.0 Å². The van der Waals surface area contributed by atoms with Crippen LogP contribution in [0.15, 0.2) is 42.5 Å². The van der Waals surface area contributed by atoms with Gasteiger partial charge in [0.15, 0.2) is 0 Å². The van der Waals surface area contributed by atoms with E-state index >= 15 is 0 Å². The molecule has 41 heavy (non-hydrogen) atoms. The highest BCUT2D eigenvalue weighted by Gasteiger charge is 2.63. The summed E-state index contributed by atoms with van der Waals surface area (Å²) in [7, 11) is 1.57. The van der Waals surface area contributed by atoms with Crippen molar-refractivity contribution in [2.24, 2.45) is 11.7 Å². The lowest BCUT2D eigenvalue weighted by molar-refractivity contribution is -0.144. The van der Waals surface area contributed by atoms with Crippen LogP contribution in [0.3, 0.4) is 0 Å². The number of carbonyl (C=O) groups is 4. The molecule has 222 valence electrons. The second kappa shape index (κ2) is 12.7. The van der Waals surface area contributed by atoms with Gasteiger partial charge in [-0.05, 0) is 44.1 Å². The number of nitrogens with zero attached hydrogens (tertiary/aromatic N) is 2. The van der Waals surface area contributed by atoms with E-state index in [1.165, 1.54) is 4.90 Å². The monoisotopic (exact) mass is 565 g/mol. The Balaban J connectivity index is 1.35. The first-order valence-corrected chi connectivity index (χ1v) is 15.0. The fourth-order valence-electron chi connectivity index (χ4n) is 6.57. The summed E-state index contributed by atoms with van der Waals surface area (Å²) in [4.78, 5) is 57.7. The number of allylic oxidation sites excluding steroid dienone is 1. The molecule has 0 bridgehead atoms. The fraction of sp³-hybridized carbons (Fsp3) is 0.613. The zero-order valence-electron chi connectivity index (χ0n) is 23.9. The van der Waals surface area contributed by atoms with Crippen LogP contribution in [0.4, 0.5) is 0 Å². The summed E-state index contributed by atoms with van der Waals surface area (Å²) in [5, 5.41) is 6.06. The summed E-state index contributed by atoms with van der Waals surface area (Å²) in [5.41, 5.74) is 6.13. The topological polar surface area (TPSA) is 134 Å². The molecular formula is C31H43N5O5. The maximum atomic E-state index is 14.2. The van der Waals surface area contributed by atoms with E-state index in [-0.39, 0.29) is 35.7 Å². The molecular weight excluding hydrogens is 522 g/mol. The molecule has 0 aromatic heterocycles. The number of methoxy groups -OCH3 is 1. The van der Waals surface area contributed by atoms with Gasteiger partial charge in [0.05, 0.1) is 12.1 Å². The highest BCUT2D eigenvalue weighted by molar-refractivity contribution is 6.00. The van der Waals surface area contributed by atoms with Gasteiger partial charge in [0.25, 0.3) is 0 Å². The summed E-state index contributed by atoms with van der Waals surface area (Å²) in [6.07, 6.45) is 10.2. The van der Waals surface area contributed by atoms with Crippen LogP contribution in [0.5, 0.6) is 0 Å². The number of rotatable bonds is 5. The van der Waals surface area contributed by atoms with Crippen LogP contribution in [0.25, 0.3) is 0 Å². The van der Waals surface area contributed by atoms with E-state index in [0.29, 0.717) is 45.3 Å². The van der Waals surface area contributed by atoms with Crippen molar-refractivity contribution in [3.63, 3.8) is 0 Å². The quantitative estimate of drug-likeness (QED) is 0.465. The van der Waals surface area contributed by atoms with Gasteiger partial charge in [-0.15, -0.1) is 0 Å². The van der Waals surface area contributed by atoms with E-state index < -0.39 is 23.7 Å². The van der Waals surface area contributed by atoms with Crippen LogP contribution >= 0.6 is 0 Å². The van der Waals surface area contributed by atoms with Gasteiger partial charge >= 0.3 is 0 Å². The van der Waals surface area contributed by atoms with Gasteiger partial charge in [0, 0.05) is 39.1 Å². The van der Waals surface area contributed by atoms with Crippen molar-refractivity contribution in [1.29, 1.82) is 0 Å². The lowest BCUT2D eigenvalue weighted by Crippen LogP contribution is -2.59. The number of likely N-dealkylation sites (tertiary alicyclic amines) is 1. The van der Waals surface area contributed by atoms with Gasteiger partial charge in [-0.25, -0.2) is 0 Å². The van der Waals surface area contributed by atoms with Crippen LogP contribution < -0.4 is 16.4 Å². The smallest absolute Gasteiger partial charge is 0.249 e. The predicted molar refractivity (Wildman–Crippen MR) is 153 cm³/mol. The molecule has 1 saturated carbocycles. The average Bonchev–Trinajstić information content (AvgIpc) is 3.31. The Morgan fingerprint density at radius 1 is 1.12 bits per heavy atom. The van der Waals surface area contributed by atoms with E-state index in [0.717, 1.165) is 37.7 Å². The van der Waals surface area contributed by atoms with Crippen LogP contribution in [0, 0.1) is 5.92 Å². The molecule has 1 aliphatic carbocycles. The maximum absolute atomic E-state index is 14.2. The first-order valence-electron chi connectivity index (χ1n) is 15.0. The molecule has 5 rings (SSSR count). The van der Waals surface area contributed by atoms with Crippen molar-refractivity contribution in [3.8, 4) is 0 Å². The van der Waals surface area contributed by atoms with Crippen molar-refractivity contribution < 1.29 is 23.9 Å². The zero-order valence-corrected chi connectivity index (χ0v) is 23.9. The number of fused-ring (bicyclic) bond motifs is 2. The lowest BCUT2D eigenvalue weighted by Gasteiger charge is -2.31. The number of nitrogens with two attached hydrogens (primary N) is 1. The minimum atomic E-state index is -1.13. The van der Waals surface area contributed by atoms with Gasteiger partial charge in [0.2, 0.25) is 23.6 Å². The summed E-state index contributed by atoms with van der Waals surface area (Å²) in [6, 6.07) is 7.64. The zero-order chi connectivity index (χ0) is 29.0. The van der Waals surface area contributed by atoms with Crippen molar-refractivity contribution in [1.82, 2.24) is 20.4 Å². The predicted octanol–water partition coefficient (Wildman–Crippen LogP) is 1.63. The molecule has 3 fully saturated rings. The second-order valence-electron chi connectivity index (χ2n) is 11.9. The summed E-state index contributed by atoms with van der Waals surface area (Å²) < 4.78 is 5.53. The van der Waals surface area contributed by atoms with E-state index in [1.807, 2.05) is 36.4 Å². The lowest BCUT2D eigenvalue weighted by atomic mass is 10.1. The minimum Gasteiger partial charge on any atom is -0.380 e. The van der Waals surface area contributed by atoms with Crippen LogP contribution in [0.1, 0.15) is 63.4 Å². The van der Waals surface area contributed by atoms with Gasteiger partial charge in [-0.1, -0.05) is 55.3 Å². The molecule has 0 unspecified atom stereocenters. The molecule has 6 atom stereocenters. The minimum absolute atomic E-state index is 0.163. The Kier molecular flexibility index (Phi) is 9.09. The molecule has 4 amide bonds. The number of ether oxygens (including phenoxy) is 1. The van der Waals surface area contributed by atoms with Crippen molar-refractivity contribution in [2.45, 2.75) is 94.1 Å². The molecule has 1 aromatic carbocycles. The Labute approximate surface area is 242 Å².